The van der Waals surface area contributed by atoms with Crippen molar-refractivity contribution in [1.82, 2.24) is 10.2 Å². The van der Waals surface area contributed by atoms with Crippen LogP contribution in [-0.2, 0) is 11.3 Å². The normalized spacial score (nSPS) is 12.2. The van der Waals surface area contributed by atoms with Crippen LogP contribution in [0.15, 0.2) is 22.7 Å². The van der Waals surface area contributed by atoms with Gasteiger partial charge in [-0.2, -0.15) is 0 Å². The Morgan fingerprint density at radius 3 is 2.63 bits per heavy atom. The molecule has 2 N–H and O–H groups in total. The highest BCUT2D eigenvalue weighted by Gasteiger charge is 2.17. The van der Waals surface area contributed by atoms with Gasteiger partial charge in [0.15, 0.2) is 0 Å². The number of nitrogens with zero attached hydrogens (tertiary/aromatic N) is 1. The minimum Gasteiger partial charge on any atom is -0.506 e. The highest BCUT2D eigenvalue weighted by molar-refractivity contribution is 9.10. The molecule has 1 atom stereocenters. The number of halogens is 1. The molecule has 0 heterocycles. The number of aromatic hydroxyl groups is 1. The predicted octanol–water partition coefficient (Wildman–Crippen LogP) is 2.50. The Kier molecular flexibility index (Phi) is 6.31. The van der Waals surface area contributed by atoms with Gasteiger partial charge in [0, 0.05) is 25.2 Å². The number of carbonyl (C=O) groups is 1. The molecule has 1 unspecified atom stereocenters. The summed E-state index contributed by atoms with van der Waals surface area (Å²) in [4.78, 5) is 13.9. The van der Waals surface area contributed by atoms with Crippen LogP contribution in [-0.4, -0.2) is 35.0 Å². The van der Waals surface area contributed by atoms with Crippen molar-refractivity contribution in [2.75, 3.05) is 13.1 Å². The number of hydrogen-bond donors (Lipinski definition) is 2. The number of nitrogens with one attached hydrogen (secondary N) is 1. The smallest absolute Gasteiger partial charge is 0.239 e. The standard InChI is InChI=1S/C14H21BrN2O2/c1-4-17(5-2)14(19)10(3)16-9-11-7-6-8-12(15)13(11)18/h6-8,10,16,18H,4-5,9H2,1-3H3. The van der Waals surface area contributed by atoms with Crippen molar-refractivity contribution < 1.29 is 9.90 Å². The van der Waals surface area contributed by atoms with E-state index in [4.69, 9.17) is 0 Å². The molecule has 0 aromatic heterocycles. The first-order chi connectivity index (χ1) is 9.01. The number of hydrogen-bond acceptors (Lipinski definition) is 3. The van der Waals surface area contributed by atoms with Crippen LogP contribution in [0.3, 0.4) is 0 Å². The van der Waals surface area contributed by atoms with Crippen molar-refractivity contribution in [3.05, 3.63) is 28.2 Å². The molecule has 106 valence electrons. The first-order valence-electron chi connectivity index (χ1n) is 6.49. The molecular formula is C14H21BrN2O2. The molecular weight excluding hydrogens is 308 g/mol. The third kappa shape index (κ3) is 4.21. The van der Waals surface area contributed by atoms with E-state index in [1.807, 2.05) is 32.9 Å². The topological polar surface area (TPSA) is 52.6 Å². The molecule has 1 aromatic carbocycles. The van der Waals surface area contributed by atoms with E-state index >= 15 is 0 Å². The first-order valence-corrected chi connectivity index (χ1v) is 7.29. The third-order valence-corrected chi connectivity index (χ3v) is 3.75. The lowest BCUT2D eigenvalue weighted by molar-refractivity contribution is -0.132. The molecule has 0 aliphatic rings. The molecule has 4 nitrogen and oxygen atoms in total. The Balaban J connectivity index is 2.61. The Hall–Kier alpha value is -1.07. The lowest BCUT2D eigenvalue weighted by Gasteiger charge is -2.23. The Morgan fingerprint density at radius 1 is 1.42 bits per heavy atom. The zero-order valence-electron chi connectivity index (χ0n) is 11.6. The van der Waals surface area contributed by atoms with Crippen LogP contribution in [0.25, 0.3) is 0 Å². The minimum atomic E-state index is -0.265. The molecule has 0 bridgehead atoms. The van der Waals surface area contributed by atoms with E-state index in [-0.39, 0.29) is 17.7 Å². The highest BCUT2D eigenvalue weighted by atomic mass is 79.9. The van der Waals surface area contributed by atoms with Gasteiger partial charge in [0.2, 0.25) is 5.91 Å². The van der Waals surface area contributed by atoms with Crippen LogP contribution in [0.2, 0.25) is 0 Å². The summed E-state index contributed by atoms with van der Waals surface area (Å²) in [5.41, 5.74) is 0.772. The summed E-state index contributed by atoms with van der Waals surface area (Å²) >= 11 is 3.27. The van der Waals surface area contributed by atoms with Gasteiger partial charge in [0.05, 0.1) is 10.5 Å². The summed E-state index contributed by atoms with van der Waals surface area (Å²) in [6.45, 7) is 7.66. The summed E-state index contributed by atoms with van der Waals surface area (Å²) in [5, 5.41) is 13.0. The van der Waals surface area contributed by atoms with Gasteiger partial charge in [0.25, 0.3) is 0 Å². The van der Waals surface area contributed by atoms with Gasteiger partial charge in [0.1, 0.15) is 5.75 Å². The van der Waals surface area contributed by atoms with Gasteiger partial charge < -0.3 is 15.3 Å². The lowest BCUT2D eigenvalue weighted by atomic mass is 10.2. The molecule has 0 saturated carbocycles. The number of phenolic OH excluding ortho intramolecular Hbond substituents is 1. The van der Waals surface area contributed by atoms with Gasteiger partial charge in [-0.25, -0.2) is 0 Å². The van der Waals surface area contributed by atoms with Crippen LogP contribution in [0.5, 0.6) is 5.75 Å². The average Bonchev–Trinajstić information content (AvgIpc) is 2.41. The zero-order chi connectivity index (χ0) is 14.4. The SMILES string of the molecule is CCN(CC)C(=O)C(C)NCc1cccc(Br)c1O. The number of carbonyl (C=O) groups excluding carboxylic acids is 1. The lowest BCUT2D eigenvalue weighted by Crippen LogP contribution is -2.44. The van der Waals surface area contributed by atoms with E-state index in [9.17, 15) is 9.90 Å². The van der Waals surface area contributed by atoms with Gasteiger partial charge in [-0.3, -0.25) is 4.79 Å². The van der Waals surface area contributed by atoms with Crippen molar-refractivity contribution >= 4 is 21.8 Å². The largest absolute Gasteiger partial charge is 0.506 e. The molecule has 1 amide bonds. The molecule has 0 radical (unpaired) electrons. The second-order valence-corrected chi connectivity index (χ2v) is 5.22. The summed E-state index contributed by atoms with van der Waals surface area (Å²) in [6.07, 6.45) is 0. The van der Waals surface area contributed by atoms with E-state index in [1.54, 1.807) is 11.0 Å². The molecule has 1 aromatic rings. The first kappa shape index (κ1) is 16.0. The molecule has 0 fully saturated rings. The van der Waals surface area contributed by atoms with Gasteiger partial charge >= 0.3 is 0 Å². The van der Waals surface area contributed by atoms with E-state index < -0.39 is 0 Å². The fourth-order valence-corrected chi connectivity index (χ4v) is 2.27. The monoisotopic (exact) mass is 328 g/mol. The van der Waals surface area contributed by atoms with Gasteiger partial charge in [-0.15, -0.1) is 0 Å². The second kappa shape index (κ2) is 7.50. The Labute approximate surface area is 122 Å². The van der Waals surface area contributed by atoms with Crippen LogP contribution in [0.4, 0.5) is 0 Å². The number of benzene rings is 1. The summed E-state index contributed by atoms with van der Waals surface area (Å²) in [7, 11) is 0. The van der Waals surface area contributed by atoms with Gasteiger partial charge in [-0.1, -0.05) is 12.1 Å². The van der Waals surface area contributed by atoms with Crippen molar-refractivity contribution in [3.63, 3.8) is 0 Å². The zero-order valence-corrected chi connectivity index (χ0v) is 13.2. The van der Waals surface area contributed by atoms with E-state index in [1.165, 1.54) is 0 Å². The maximum Gasteiger partial charge on any atom is 0.239 e. The molecule has 5 heteroatoms. The molecule has 0 spiro atoms. The Bertz CT molecular complexity index is 433. The predicted molar refractivity (Wildman–Crippen MR) is 80.0 cm³/mol. The maximum atomic E-state index is 12.1. The number of amides is 1. The number of rotatable bonds is 6. The van der Waals surface area contributed by atoms with Crippen LogP contribution in [0, 0.1) is 0 Å². The summed E-state index contributed by atoms with van der Waals surface area (Å²) < 4.78 is 0.662. The van der Waals surface area contributed by atoms with E-state index in [0.717, 1.165) is 5.56 Å². The summed E-state index contributed by atoms with van der Waals surface area (Å²) in [6, 6.07) is 5.21. The molecule has 0 saturated heterocycles. The highest BCUT2D eigenvalue weighted by Crippen LogP contribution is 2.27. The summed E-state index contributed by atoms with van der Waals surface area (Å²) in [5.74, 6) is 0.303. The number of likely N-dealkylation sites (N-methyl/N-ethyl adjacent to an activating group) is 1. The Morgan fingerprint density at radius 2 is 2.05 bits per heavy atom. The van der Waals surface area contributed by atoms with Crippen LogP contribution in [0.1, 0.15) is 26.3 Å². The van der Waals surface area contributed by atoms with E-state index in [2.05, 4.69) is 21.2 Å². The van der Waals surface area contributed by atoms with Crippen molar-refractivity contribution in [2.45, 2.75) is 33.4 Å². The van der Waals surface area contributed by atoms with Crippen LogP contribution < -0.4 is 5.32 Å². The fourth-order valence-electron chi connectivity index (χ4n) is 1.86. The maximum absolute atomic E-state index is 12.1. The molecule has 0 aliphatic carbocycles. The molecule has 19 heavy (non-hydrogen) atoms. The van der Waals surface area contributed by atoms with Crippen LogP contribution >= 0.6 is 15.9 Å². The second-order valence-electron chi connectivity index (χ2n) is 4.36. The van der Waals surface area contributed by atoms with Gasteiger partial charge in [-0.05, 0) is 42.8 Å². The number of phenols is 1. The fraction of sp³-hybridized carbons (Fsp3) is 0.500. The number of para-hydroxylation sites is 1. The van der Waals surface area contributed by atoms with E-state index in [0.29, 0.717) is 24.1 Å². The van der Waals surface area contributed by atoms with Crippen molar-refractivity contribution in [2.24, 2.45) is 0 Å². The molecule has 1 rings (SSSR count). The van der Waals surface area contributed by atoms with Crippen molar-refractivity contribution in [1.29, 1.82) is 0 Å². The quantitative estimate of drug-likeness (QED) is 0.843. The molecule has 0 aliphatic heterocycles. The average molecular weight is 329 g/mol. The third-order valence-electron chi connectivity index (χ3n) is 3.11. The minimum absolute atomic E-state index is 0.0829. The van der Waals surface area contributed by atoms with Crippen molar-refractivity contribution in [3.8, 4) is 5.75 Å².